The quantitative estimate of drug-likeness (QED) is 0.806. The SMILES string of the molecule is C1=C(C2(c3cc4ccccc4s3)CCC2)N2CCN=C2S1. The maximum absolute atomic E-state index is 4.61. The van der Waals surface area contributed by atoms with E-state index in [1.54, 1.807) is 4.88 Å². The molecule has 0 unspecified atom stereocenters. The Kier molecular flexibility index (Phi) is 2.56. The minimum Gasteiger partial charge on any atom is -0.321 e. The highest BCUT2D eigenvalue weighted by atomic mass is 32.2. The van der Waals surface area contributed by atoms with E-state index in [0.717, 1.165) is 13.1 Å². The fraction of sp³-hybridized carbons (Fsp3) is 0.353. The molecule has 2 aliphatic heterocycles. The first-order valence-corrected chi connectivity index (χ1v) is 9.25. The van der Waals surface area contributed by atoms with Gasteiger partial charge in [-0.05, 0) is 35.8 Å². The summed E-state index contributed by atoms with van der Waals surface area (Å²) in [6.45, 7) is 2.03. The van der Waals surface area contributed by atoms with Crippen molar-refractivity contribution in [1.29, 1.82) is 0 Å². The predicted octanol–water partition coefficient (Wildman–Crippen LogP) is 4.58. The second-order valence-corrected chi connectivity index (χ2v) is 7.94. The van der Waals surface area contributed by atoms with Gasteiger partial charge in [-0.3, -0.25) is 4.99 Å². The smallest absolute Gasteiger partial charge is 0.167 e. The standard InChI is InChI=1S/C17H16N2S2/c1-2-5-13-12(4-1)10-15(21-13)17(6-3-7-17)14-11-20-16-18-8-9-19(14)16/h1-2,4-5,10-11H,3,6-9H2. The normalized spacial score (nSPS) is 23.0. The molecular weight excluding hydrogens is 296 g/mol. The molecule has 1 aromatic carbocycles. The Morgan fingerprint density at radius 3 is 2.90 bits per heavy atom. The highest BCUT2D eigenvalue weighted by molar-refractivity contribution is 8.16. The number of aliphatic imine (C=N–C) groups is 1. The largest absolute Gasteiger partial charge is 0.321 e. The number of allylic oxidation sites excluding steroid dienone is 1. The van der Waals surface area contributed by atoms with Crippen LogP contribution in [-0.4, -0.2) is 23.2 Å². The fourth-order valence-corrected chi connectivity index (χ4v) is 6.04. The van der Waals surface area contributed by atoms with Crippen molar-refractivity contribution in [1.82, 2.24) is 4.90 Å². The molecule has 0 spiro atoms. The average Bonchev–Trinajstić information content (AvgIpc) is 3.12. The number of hydrogen-bond acceptors (Lipinski definition) is 4. The first-order chi connectivity index (χ1) is 10.4. The van der Waals surface area contributed by atoms with Gasteiger partial charge in [-0.2, -0.15) is 0 Å². The van der Waals surface area contributed by atoms with Crippen molar-refractivity contribution in [2.75, 3.05) is 13.1 Å². The summed E-state index contributed by atoms with van der Waals surface area (Å²) >= 11 is 3.80. The molecule has 0 saturated heterocycles. The van der Waals surface area contributed by atoms with E-state index in [1.165, 1.54) is 40.2 Å². The number of fused-ring (bicyclic) bond motifs is 2. The second kappa shape index (κ2) is 4.37. The Labute approximate surface area is 132 Å². The molecule has 3 heterocycles. The topological polar surface area (TPSA) is 15.6 Å². The van der Waals surface area contributed by atoms with Gasteiger partial charge in [0.1, 0.15) is 0 Å². The molecule has 21 heavy (non-hydrogen) atoms. The fourth-order valence-electron chi connectivity index (χ4n) is 3.67. The lowest BCUT2D eigenvalue weighted by Crippen LogP contribution is -2.42. The van der Waals surface area contributed by atoms with Crippen molar-refractivity contribution in [2.24, 2.45) is 4.99 Å². The third-order valence-corrected chi connectivity index (χ3v) is 7.18. The molecule has 1 aliphatic carbocycles. The Hall–Kier alpha value is -1.26. The molecule has 106 valence electrons. The molecule has 2 nitrogen and oxygen atoms in total. The molecule has 1 saturated carbocycles. The number of benzene rings is 1. The maximum atomic E-state index is 4.61. The van der Waals surface area contributed by atoms with Crippen molar-refractivity contribution >= 4 is 38.4 Å². The summed E-state index contributed by atoms with van der Waals surface area (Å²) in [5, 5.41) is 4.98. The summed E-state index contributed by atoms with van der Waals surface area (Å²) in [5.74, 6) is 0. The van der Waals surface area contributed by atoms with Gasteiger partial charge in [-0.25, -0.2) is 0 Å². The Bertz CT molecular complexity index is 750. The van der Waals surface area contributed by atoms with Crippen LogP contribution in [0.15, 0.2) is 46.4 Å². The summed E-state index contributed by atoms with van der Waals surface area (Å²) in [6.07, 6.45) is 3.92. The number of rotatable bonds is 2. The third-order valence-electron chi connectivity index (χ3n) is 4.96. The predicted molar refractivity (Wildman–Crippen MR) is 92.0 cm³/mol. The van der Waals surface area contributed by atoms with E-state index in [9.17, 15) is 0 Å². The summed E-state index contributed by atoms with van der Waals surface area (Å²) in [4.78, 5) is 8.63. The number of thioether (sulfide) groups is 1. The lowest BCUT2D eigenvalue weighted by molar-refractivity contribution is 0.257. The molecule has 5 rings (SSSR count). The molecule has 0 N–H and O–H groups in total. The van der Waals surface area contributed by atoms with E-state index in [-0.39, 0.29) is 5.41 Å². The Morgan fingerprint density at radius 2 is 2.10 bits per heavy atom. The molecule has 0 bridgehead atoms. The molecule has 1 fully saturated rings. The monoisotopic (exact) mass is 312 g/mol. The summed E-state index contributed by atoms with van der Waals surface area (Å²) in [6, 6.07) is 11.2. The molecule has 3 aliphatic rings. The number of nitrogens with zero attached hydrogens (tertiary/aromatic N) is 2. The van der Waals surface area contributed by atoms with Gasteiger partial charge in [0.2, 0.25) is 0 Å². The lowest BCUT2D eigenvalue weighted by Gasteiger charge is -2.44. The van der Waals surface area contributed by atoms with Gasteiger partial charge >= 0.3 is 0 Å². The van der Waals surface area contributed by atoms with Crippen molar-refractivity contribution < 1.29 is 0 Å². The van der Waals surface area contributed by atoms with Crippen LogP contribution in [0.3, 0.4) is 0 Å². The zero-order valence-electron chi connectivity index (χ0n) is 11.7. The minimum absolute atomic E-state index is 0.262. The van der Waals surface area contributed by atoms with Gasteiger partial charge in [0.15, 0.2) is 5.17 Å². The van der Waals surface area contributed by atoms with Crippen LogP contribution in [0.5, 0.6) is 0 Å². The molecule has 2 aromatic rings. The van der Waals surface area contributed by atoms with Gasteiger partial charge in [-0.15, -0.1) is 11.3 Å². The van der Waals surface area contributed by atoms with E-state index in [0.29, 0.717) is 0 Å². The Morgan fingerprint density at radius 1 is 1.19 bits per heavy atom. The van der Waals surface area contributed by atoms with E-state index < -0.39 is 0 Å². The number of thiophene rings is 1. The second-order valence-electron chi connectivity index (χ2n) is 6.02. The highest BCUT2D eigenvalue weighted by Crippen LogP contribution is 2.55. The van der Waals surface area contributed by atoms with Crippen LogP contribution < -0.4 is 0 Å². The van der Waals surface area contributed by atoms with Crippen LogP contribution in [0, 0.1) is 0 Å². The average molecular weight is 312 g/mol. The summed E-state index contributed by atoms with van der Waals surface area (Å²) in [7, 11) is 0. The van der Waals surface area contributed by atoms with Crippen molar-refractivity contribution in [2.45, 2.75) is 24.7 Å². The maximum Gasteiger partial charge on any atom is 0.167 e. The zero-order valence-corrected chi connectivity index (χ0v) is 13.3. The number of hydrogen-bond donors (Lipinski definition) is 0. The van der Waals surface area contributed by atoms with Crippen LogP contribution >= 0.6 is 23.1 Å². The number of amidine groups is 1. The van der Waals surface area contributed by atoms with E-state index in [2.05, 4.69) is 45.6 Å². The van der Waals surface area contributed by atoms with Gasteiger partial charge in [0.25, 0.3) is 0 Å². The van der Waals surface area contributed by atoms with Gasteiger partial charge < -0.3 is 4.90 Å². The summed E-state index contributed by atoms with van der Waals surface area (Å²) < 4.78 is 1.42. The van der Waals surface area contributed by atoms with Crippen LogP contribution in [0.4, 0.5) is 0 Å². The first kappa shape index (κ1) is 12.3. The molecule has 4 heteroatoms. The first-order valence-electron chi connectivity index (χ1n) is 7.55. The van der Waals surface area contributed by atoms with Gasteiger partial charge in [-0.1, -0.05) is 36.4 Å². The molecule has 1 aromatic heterocycles. The summed E-state index contributed by atoms with van der Waals surface area (Å²) in [5.41, 5.74) is 1.78. The third kappa shape index (κ3) is 1.63. The van der Waals surface area contributed by atoms with E-state index in [4.69, 9.17) is 0 Å². The van der Waals surface area contributed by atoms with Gasteiger partial charge in [0, 0.05) is 27.2 Å². The van der Waals surface area contributed by atoms with Crippen molar-refractivity contribution in [3.63, 3.8) is 0 Å². The van der Waals surface area contributed by atoms with Crippen molar-refractivity contribution in [3.05, 3.63) is 46.3 Å². The molecular formula is C17H16N2S2. The van der Waals surface area contributed by atoms with Crippen LogP contribution in [-0.2, 0) is 5.41 Å². The Balaban J connectivity index is 1.63. The van der Waals surface area contributed by atoms with E-state index >= 15 is 0 Å². The minimum atomic E-state index is 0.262. The highest BCUT2D eigenvalue weighted by Gasteiger charge is 2.48. The zero-order chi connectivity index (χ0) is 13.9. The van der Waals surface area contributed by atoms with Crippen molar-refractivity contribution in [3.8, 4) is 0 Å². The van der Waals surface area contributed by atoms with Crippen LogP contribution in [0.2, 0.25) is 0 Å². The van der Waals surface area contributed by atoms with Gasteiger partial charge in [0.05, 0.1) is 6.54 Å². The molecule has 0 radical (unpaired) electrons. The van der Waals surface area contributed by atoms with E-state index in [1.807, 2.05) is 23.1 Å². The molecule has 0 atom stereocenters. The van der Waals surface area contributed by atoms with Crippen LogP contribution in [0.1, 0.15) is 24.1 Å². The lowest BCUT2D eigenvalue weighted by atomic mass is 9.65. The van der Waals surface area contributed by atoms with Crippen LogP contribution in [0.25, 0.3) is 10.1 Å². The molecule has 0 amide bonds.